The lowest BCUT2D eigenvalue weighted by molar-refractivity contribution is -0.139. The average molecular weight is 467 g/mol. The van der Waals surface area contributed by atoms with Gasteiger partial charge in [-0.15, -0.1) is 0 Å². The number of piperidine rings is 1. The minimum atomic E-state index is 0.0529. The summed E-state index contributed by atoms with van der Waals surface area (Å²) in [6.45, 7) is 6.20. The number of imidazole rings is 1. The maximum Gasteiger partial charge on any atom is 0.227 e. The normalized spacial score (nSPS) is 20.4. The van der Waals surface area contributed by atoms with Crippen molar-refractivity contribution in [1.29, 1.82) is 0 Å². The van der Waals surface area contributed by atoms with Gasteiger partial charge in [0.2, 0.25) is 5.91 Å². The molecule has 1 atom stereocenters. The van der Waals surface area contributed by atoms with Crippen LogP contribution in [-0.2, 0) is 17.9 Å². The number of hydrazine groups is 1. The van der Waals surface area contributed by atoms with E-state index in [4.69, 9.17) is 22.4 Å². The lowest BCUT2D eigenvalue weighted by atomic mass is 9.96. The first-order valence-corrected chi connectivity index (χ1v) is 12.1. The molecule has 2 N–H and O–H groups in total. The molecule has 0 aliphatic carbocycles. The minimum absolute atomic E-state index is 0.0529. The lowest BCUT2D eigenvalue weighted by Crippen LogP contribution is -2.54. The van der Waals surface area contributed by atoms with E-state index in [1.807, 2.05) is 23.1 Å². The van der Waals surface area contributed by atoms with Gasteiger partial charge in [0.1, 0.15) is 5.82 Å². The second-order valence-electron chi connectivity index (χ2n) is 9.16. The van der Waals surface area contributed by atoms with Crippen LogP contribution in [0.2, 0.25) is 5.02 Å². The standard InChI is InChI=1S/C25H31ClN6O/c26-21-9-7-19(8-10-21)16-32-23-6-2-1-5-22(23)28-24(32)18-29-11-3-4-20(17-29)25(33)30-12-14-31(27)15-13-30/h1-2,5-10,20H,3-4,11-18,27H2/t20-/m0/s1. The molecule has 1 amide bonds. The maximum absolute atomic E-state index is 13.1. The van der Waals surface area contributed by atoms with Gasteiger partial charge >= 0.3 is 0 Å². The van der Waals surface area contributed by atoms with Crippen molar-refractivity contribution in [3.05, 3.63) is 64.9 Å². The van der Waals surface area contributed by atoms with E-state index >= 15 is 0 Å². The van der Waals surface area contributed by atoms with Gasteiger partial charge in [0.05, 0.1) is 23.5 Å². The molecule has 3 heterocycles. The van der Waals surface area contributed by atoms with E-state index in [1.165, 1.54) is 5.56 Å². The number of nitrogens with two attached hydrogens (primary N) is 1. The van der Waals surface area contributed by atoms with E-state index in [2.05, 4.69) is 39.8 Å². The lowest BCUT2D eigenvalue weighted by Gasteiger charge is -2.37. The number of carbonyl (C=O) groups excluding carboxylic acids is 1. The van der Waals surface area contributed by atoms with Crippen molar-refractivity contribution >= 4 is 28.5 Å². The number of rotatable bonds is 5. The molecule has 2 fully saturated rings. The zero-order chi connectivity index (χ0) is 22.8. The molecule has 0 unspecified atom stereocenters. The average Bonchev–Trinajstić information content (AvgIpc) is 3.17. The van der Waals surface area contributed by atoms with Crippen molar-refractivity contribution in [2.24, 2.45) is 11.8 Å². The van der Waals surface area contributed by atoms with Crippen LogP contribution in [-0.4, -0.2) is 69.5 Å². The maximum atomic E-state index is 13.1. The summed E-state index contributed by atoms with van der Waals surface area (Å²) < 4.78 is 2.30. The summed E-state index contributed by atoms with van der Waals surface area (Å²) in [5.41, 5.74) is 3.33. The van der Waals surface area contributed by atoms with Crippen LogP contribution in [0.25, 0.3) is 11.0 Å². The first kappa shape index (κ1) is 22.3. The summed E-state index contributed by atoms with van der Waals surface area (Å²) in [4.78, 5) is 22.5. The second kappa shape index (κ2) is 9.81. The highest BCUT2D eigenvalue weighted by Crippen LogP contribution is 2.24. The Bertz CT molecular complexity index is 1110. The summed E-state index contributed by atoms with van der Waals surface area (Å²) in [7, 11) is 0. The van der Waals surface area contributed by atoms with Crippen LogP contribution >= 0.6 is 11.6 Å². The number of aromatic nitrogens is 2. The fraction of sp³-hybridized carbons (Fsp3) is 0.440. The monoisotopic (exact) mass is 466 g/mol. The number of halogens is 1. The summed E-state index contributed by atoms with van der Waals surface area (Å²) >= 11 is 6.09. The number of nitrogens with zero attached hydrogens (tertiary/aromatic N) is 5. The van der Waals surface area contributed by atoms with Gasteiger partial charge in [0.25, 0.3) is 0 Å². The highest BCUT2D eigenvalue weighted by Gasteiger charge is 2.31. The van der Waals surface area contributed by atoms with Crippen molar-refractivity contribution in [2.75, 3.05) is 39.3 Å². The Morgan fingerprint density at radius 1 is 1.00 bits per heavy atom. The van der Waals surface area contributed by atoms with Crippen LogP contribution in [0, 0.1) is 5.92 Å². The third kappa shape index (κ3) is 5.06. The Kier molecular flexibility index (Phi) is 6.64. The number of carbonyl (C=O) groups is 1. The predicted octanol–water partition coefficient (Wildman–Crippen LogP) is 2.97. The van der Waals surface area contributed by atoms with Gasteiger partial charge < -0.3 is 9.47 Å². The number of fused-ring (bicyclic) bond motifs is 1. The second-order valence-corrected chi connectivity index (χ2v) is 9.60. The van der Waals surface area contributed by atoms with E-state index in [-0.39, 0.29) is 11.8 Å². The third-order valence-electron chi connectivity index (χ3n) is 6.83. The molecule has 174 valence electrons. The Balaban J connectivity index is 1.33. The van der Waals surface area contributed by atoms with Crippen LogP contribution in [0.4, 0.5) is 0 Å². The zero-order valence-electron chi connectivity index (χ0n) is 18.9. The number of benzene rings is 2. The Morgan fingerprint density at radius 3 is 2.55 bits per heavy atom. The van der Waals surface area contributed by atoms with Crippen molar-refractivity contribution in [3.8, 4) is 0 Å². The largest absolute Gasteiger partial charge is 0.340 e. The fourth-order valence-electron chi connectivity index (χ4n) is 5.00. The minimum Gasteiger partial charge on any atom is -0.340 e. The van der Waals surface area contributed by atoms with E-state index < -0.39 is 0 Å². The predicted molar refractivity (Wildman–Crippen MR) is 131 cm³/mol. The summed E-state index contributed by atoms with van der Waals surface area (Å²) in [6.07, 6.45) is 1.99. The van der Waals surface area contributed by atoms with E-state index in [0.717, 1.165) is 87.1 Å². The first-order valence-electron chi connectivity index (χ1n) is 11.8. The quantitative estimate of drug-likeness (QED) is 0.585. The Hall–Kier alpha value is -2.45. The number of likely N-dealkylation sites (tertiary alicyclic amines) is 1. The zero-order valence-corrected chi connectivity index (χ0v) is 19.6. The number of hydrogen-bond donors (Lipinski definition) is 1. The van der Waals surface area contributed by atoms with Crippen molar-refractivity contribution in [1.82, 2.24) is 24.4 Å². The molecule has 33 heavy (non-hydrogen) atoms. The molecule has 5 rings (SSSR count). The van der Waals surface area contributed by atoms with Crippen molar-refractivity contribution < 1.29 is 4.79 Å². The van der Waals surface area contributed by atoms with Crippen LogP contribution < -0.4 is 5.84 Å². The topological polar surface area (TPSA) is 70.6 Å². The molecule has 1 aromatic heterocycles. The van der Waals surface area contributed by atoms with Gasteiger partial charge in [-0.1, -0.05) is 35.9 Å². The Morgan fingerprint density at radius 2 is 1.76 bits per heavy atom. The van der Waals surface area contributed by atoms with Crippen LogP contribution in [0.15, 0.2) is 48.5 Å². The molecule has 7 nitrogen and oxygen atoms in total. The molecule has 0 radical (unpaired) electrons. The smallest absolute Gasteiger partial charge is 0.227 e. The number of para-hydroxylation sites is 2. The first-order chi connectivity index (χ1) is 16.1. The van der Waals surface area contributed by atoms with Gasteiger partial charge in [0.15, 0.2) is 0 Å². The SMILES string of the molecule is NN1CCN(C(=O)[C@H]2CCCN(Cc3nc4ccccc4n3Cc3ccc(Cl)cc3)C2)CC1. The van der Waals surface area contributed by atoms with Crippen LogP contribution in [0.1, 0.15) is 24.2 Å². The molecule has 2 aliphatic heterocycles. The highest BCUT2D eigenvalue weighted by molar-refractivity contribution is 6.30. The van der Waals surface area contributed by atoms with E-state index in [1.54, 1.807) is 5.01 Å². The van der Waals surface area contributed by atoms with Crippen LogP contribution in [0.3, 0.4) is 0 Å². The van der Waals surface area contributed by atoms with Crippen molar-refractivity contribution in [3.63, 3.8) is 0 Å². The summed E-state index contributed by atoms with van der Waals surface area (Å²) in [5, 5.41) is 2.54. The Labute approximate surface area is 199 Å². The van der Waals surface area contributed by atoms with Gasteiger partial charge in [-0.2, -0.15) is 0 Å². The molecular formula is C25H31ClN6O. The van der Waals surface area contributed by atoms with Gasteiger partial charge in [-0.25, -0.2) is 9.99 Å². The fourth-order valence-corrected chi connectivity index (χ4v) is 5.12. The summed E-state index contributed by atoms with van der Waals surface area (Å²) in [5.74, 6) is 7.23. The van der Waals surface area contributed by atoms with Gasteiger partial charge in [0, 0.05) is 44.3 Å². The summed E-state index contributed by atoms with van der Waals surface area (Å²) in [6, 6.07) is 16.3. The number of piperazine rings is 1. The number of hydrogen-bond acceptors (Lipinski definition) is 5. The molecule has 0 spiro atoms. The van der Waals surface area contributed by atoms with E-state index in [0.29, 0.717) is 0 Å². The molecular weight excluding hydrogens is 436 g/mol. The van der Waals surface area contributed by atoms with Gasteiger partial charge in [-0.3, -0.25) is 15.5 Å². The molecule has 3 aromatic rings. The molecule has 2 aromatic carbocycles. The third-order valence-corrected chi connectivity index (χ3v) is 7.09. The van der Waals surface area contributed by atoms with E-state index in [9.17, 15) is 4.79 Å². The molecule has 0 saturated carbocycles. The number of amides is 1. The van der Waals surface area contributed by atoms with Crippen molar-refractivity contribution in [2.45, 2.75) is 25.9 Å². The molecule has 0 bridgehead atoms. The van der Waals surface area contributed by atoms with Crippen LogP contribution in [0.5, 0.6) is 0 Å². The highest BCUT2D eigenvalue weighted by atomic mass is 35.5. The van der Waals surface area contributed by atoms with Gasteiger partial charge in [-0.05, 0) is 49.2 Å². The molecule has 2 aliphatic rings. The molecule has 8 heteroatoms. The molecule has 2 saturated heterocycles.